The van der Waals surface area contributed by atoms with Crippen LogP contribution in [0.1, 0.15) is 33.4 Å². The van der Waals surface area contributed by atoms with E-state index in [9.17, 15) is 0 Å². The second kappa shape index (κ2) is 6.66. The van der Waals surface area contributed by atoms with E-state index in [1.54, 1.807) is 0 Å². The Balaban J connectivity index is 2.28. The van der Waals surface area contributed by atoms with Crippen LogP contribution in [-0.4, -0.2) is 28.3 Å². The summed E-state index contributed by atoms with van der Waals surface area (Å²) in [5.74, 6) is 0. The molecular weight excluding hydrogens is 202 g/mol. The fourth-order valence-corrected chi connectivity index (χ4v) is 1.32. The van der Waals surface area contributed by atoms with Crippen LogP contribution in [0, 0.1) is 0 Å². The number of aromatic nitrogens is 2. The molecule has 1 N–H and O–H groups in total. The minimum absolute atomic E-state index is 0.297. The first-order chi connectivity index (χ1) is 7.58. The zero-order valence-corrected chi connectivity index (χ0v) is 10.7. The van der Waals surface area contributed by atoms with Crippen LogP contribution in [0.4, 0.5) is 0 Å². The minimum atomic E-state index is 0.297. The van der Waals surface area contributed by atoms with Crippen molar-refractivity contribution >= 4 is 0 Å². The van der Waals surface area contributed by atoms with Crippen molar-refractivity contribution in [1.82, 2.24) is 14.9 Å². The van der Waals surface area contributed by atoms with Gasteiger partial charge in [0.15, 0.2) is 0 Å². The molecule has 0 saturated carbocycles. The Kier molecular flexibility index (Phi) is 5.49. The molecule has 0 unspecified atom stereocenters. The molecule has 0 amide bonds. The summed E-state index contributed by atoms with van der Waals surface area (Å²) in [6, 6.07) is 0.495. The molecule has 0 aliphatic carbocycles. The third-order valence-corrected chi connectivity index (χ3v) is 2.18. The number of imidazole rings is 1. The van der Waals surface area contributed by atoms with Crippen molar-refractivity contribution in [3.05, 3.63) is 18.2 Å². The molecule has 0 aliphatic heterocycles. The average Bonchev–Trinajstić information content (AvgIpc) is 2.62. The van der Waals surface area contributed by atoms with Gasteiger partial charge in [-0.3, -0.25) is 0 Å². The maximum absolute atomic E-state index is 5.49. The van der Waals surface area contributed by atoms with Crippen molar-refractivity contribution < 1.29 is 4.74 Å². The highest BCUT2D eigenvalue weighted by molar-refractivity contribution is 4.96. The summed E-state index contributed by atoms with van der Waals surface area (Å²) in [7, 11) is 0. The van der Waals surface area contributed by atoms with Crippen LogP contribution in [0.15, 0.2) is 12.5 Å². The lowest BCUT2D eigenvalue weighted by Gasteiger charge is -2.07. The molecule has 0 aromatic carbocycles. The van der Waals surface area contributed by atoms with Crippen molar-refractivity contribution in [2.45, 2.75) is 52.9 Å². The molecule has 1 heterocycles. The van der Waals surface area contributed by atoms with Gasteiger partial charge >= 0.3 is 0 Å². The van der Waals surface area contributed by atoms with E-state index in [2.05, 4.69) is 34.9 Å². The molecule has 0 radical (unpaired) electrons. The minimum Gasteiger partial charge on any atom is -0.377 e. The maximum atomic E-state index is 5.49. The van der Waals surface area contributed by atoms with E-state index < -0.39 is 0 Å². The highest BCUT2D eigenvalue weighted by Crippen LogP contribution is 1.97. The SMILES string of the molecule is CC(C)NCc1cn(CCOC(C)C)cn1. The summed E-state index contributed by atoms with van der Waals surface area (Å²) in [6.45, 7) is 10.8. The lowest BCUT2D eigenvalue weighted by Crippen LogP contribution is -2.21. The molecule has 4 nitrogen and oxygen atoms in total. The van der Waals surface area contributed by atoms with E-state index in [1.165, 1.54) is 0 Å². The smallest absolute Gasteiger partial charge is 0.0950 e. The molecule has 0 fully saturated rings. The second-order valence-corrected chi connectivity index (χ2v) is 4.56. The van der Waals surface area contributed by atoms with E-state index in [0.29, 0.717) is 12.1 Å². The molecule has 0 bridgehead atoms. The van der Waals surface area contributed by atoms with Crippen LogP contribution in [-0.2, 0) is 17.8 Å². The van der Waals surface area contributed by atoms with Gasteiger partial charge in [-0.05, 0) is 13.8 Å². The van der Waals surface area contributed by atoms with Crippen LogP contribution < -0.4 is 5.32 Å². The number of hydrogen-bond donors (Lipinski definition) is 1. The van der Waals surface area contributed by atoms with Gasteiger partial charge in [-0.1, -0.05) is 13.8 Å². The normalized spacial score (nSPS) is 11.6. The molecule has 0 spiro atoms. The van der Waals surface area contributed by atoms with E-state index >= 15 is 0 Å². The molecule has 4 heteroatoms. The number of nitrogens with zero attached hydrogens (tertiary/aromatic N) is 2. The lowest BCUT2D eigenvalue weighted by molar-refractivity contribution is 0.0727. The fourth-order valence-electron chi connectivity index (χ4n) is 1.32. The Labute approximate surface area is 98.0 Å². The highest BCUT2D eigenvalue weighted by Gasteiger charge is 2.00. The zero-order valence-electron chi connectivity index (χ0n) is 10.7. The van der Waals surface area contributed by atoms with Gasteiger partial charge in [-0.2, -0.15) is 0 Å². The number of ether oxygens (including phenoxy) is 1. The molecular formula is C12H23N3O. The predicted molar refractivity (Wildman–Crippen MR) is 65.3 cm³/mol. The topological polar surface area (TPSA) is 39.1 Å². The molecule has 92 valence electrons. The standard InChI is InChI=1S/C12H23N3O/c1-10(2)13-7-12-8-15(9-14-12)5-6-16-11(3)4/h8-11,13H,5-7H2,1-4H3. The highest BCUT2D eigenvalue weighted by atomic mass is 16.5. The molecule has 0 saturated heterocycles. The van der Waals surface area contributed by atoms with Crippen LogP contribution in [0.3, 0.4) is 0 Å². The van der Waals surface area contributed by atoms with Gasteiger partial charge in [0.1, 0.15) is 0 Å². The van der Waals surface area contributed by atoms with Crippen molar-refractivity contribution in [2.75, 3.05) is 6.61 Å². The first kappa shape index (κ1) is 13.2. The predicted octanol–water partition coefficient (Wildman–Crippen LogP) is 1.81. The zero-order chi connectivity index (χ0) is 12.0. The first-order valence-corrected chi connectivity index (χ1v) is 5.93. The summed E-state index contributed by atoms with van der Waals surface area (Å²) in [4.78, 5) is 4.33. The largest absolute Gasteiger partial charge is 0.377 e. The van der Waals surface area contributed by atoms with Crippen molar-refractivity contribution in [1.29, 1.82) is 0 Å². The van der Waals surface area contributed by atoms with Crippen molar-refractivity contribution in [3.8, 4) is 0 Å². The van der Waals surface area contributed by atoms with Crippen LogP contribution in [0.25, 0.3) is 0 Å². The van der Waals surface area contributed by atoms with Crippen LogP contribution >= 0.6 is 0 Å². The number of hydrogen-bond acceptors (Lipinski definition) is 3. The third-order valence-electron chi connectivity index (χ3n) is 2.18. The molecule has 1 rings (SSSR count). The monoisotopic (exact) mass is 225 g/mol. The maximum Gasteiger partial charge on any atom is 0.0950 e. The second-order valence-electron chi connectivity index (χ2n) is 4.56. The third kappa shape index (κ3) is 5.28. The summed E-state index contributed by atoms with van der Waals surface area (Å²) >= 11 is 0. The van der Waals surface area contributed by atoms with Crippen molar-refractivity contribution in [3.63, 3.8) is 0 Å². The van der Waals surface area contributed by atoms with E-state index in [-0.39, 0.29) is 0 Å². The van der Waals surface area contributed by atoms with E-state index in [4.69, 9.17) is 4.74 Å². The number of rotatable bonds is 7. The summed E-state index contributed by atoms with van der Waals surface area (Å²) in [5, 5.41) is 3.34. The summed E-state index contributed by atoms with van der Waals surface area (Å²) in [6.07, 6.45) is 4.23. The Morgan fingerprint density at radius 2 is 2.12 bits per heavy atom. The van der Waals surface area contributed by atoms with Gasteiger partial charge in [0.05, 0.1) is 24.7 Å². The quantitative estimate of drug-likeness (QED) is 0.769. The number of nitrogens with one attached hydrogen (secondary N) is 1. The molecule has 1 aromatic rings. The Bertz CT molecular complexity index is 294. The van der Waals surface area contributed by atoms with Gasteiger partial charge in [0, 0.05) is 25.3 Å². The fraction of sp³-hybridized carbons (Fsp3) is 0.750. The lowest BCUT2D eigenvalue weighted by atomic mass is 10.3. The average molecular weight is 225 g/mol. The van der Waals surface area contributed by atoms with Crippen LogP contribution in [0.2, 0.25) is 0 Å². The van der Waals surface area contributed by atoms with E-state index in [0.717, 1.165) is 25.4 Å². The van der Waals surface area contributed by atoms with Gasteiger partial charge in [0.25, 0.3) is 0 Å². The summed E-state index contributed by atoms with van der Waals surface area (Å²) in [5.41, 5.74) is 1.08. The Morgan fingerprint density at radius 1 is 1.38 bits per heavy atom. The van der Waals surface area contributed by atoms with Gasteiger partial charge in [0.2, 0.25) is 0 Å². The van der Waals surface area contributed by atoms with Crippen molar-refractivity contribution in [2.24, 2.45) is 0 Å². The molecule has 0 atom stereocenters. The van der Waals surface area contributed by atoms with Crippen LogP contribution in [0.5, 0.6) is 0 Å². The molecule has 1 aromatic heterocycles. The van der Waals surface area contributed by atoms with E-state index in [1.807, 2.05) is 20.2 Å². The van der Waals surface area contributed by atoms with Gasteiger partial charge < -0.3 is 14.6 Å². The van der Waals surface area contributed by atoms with Gasteiger partial charge in [-0.25, -0.2) is 4.98 Å². The Morgan fingerprint density at radius 3 is 2.75 bits per heavy atom. The molecule has 16 heavy (non-hydrogen) atoms. The molecule has 0 aliphatic rings. The summed E-state index contributed by atoms with van der Waals surface area (Å²) < 4.78 is 7.56. The Hall–Kier alpha value is -0.870. The first-order valence-electron chi connectivity index (χ1n) is 5.93. The van der Waals surface area contributed by atoms with Gasteiger partial charge in [-0.15, -0.1) is 0 Å².